The first-order chi connectivity index (χ1) is 14.5. The van der Waals surface area contributed by atoms with E-state index in [4.69, 9.17) is 4.74 Å². The highest BCUT2D eigenvalue weighted by Crippen LogP contribution is 2.23. The van der Waals surface area contributed by atoms with Gasteiger partial charge in [0.25, 0.3) is 0 Å². The van der Waals surface area contributed by atoms with Gasteiger partial charge in [0.1, 0.15) is 10.8 Å². The summed E-state index contributed by atoms with van der Waals surface area (Å²) in [6.45, 7) is 4.00. The van der Waals surface area contributed by atoms with Crippen molar-refractivity contribution in [2.24, 2.45) is 0 Å². The first-order valence-corrected chi connectivity index (χ1v) is 10.4. The number of nitrogens with one attached hydrogen (secondary N) is 2. The summed E-state index contributed by atoms with van der Waals surface area (Å²) in [4.78, 5) is 23.4. The molecule has 0 saturated heterocycles. The number of amides is 2. The monoisotopic (exact) mass is 422 g/mol. The van der Waals surface area contributed by atoms with Crippen LogP contribution in [-0.2, 0) is 9.59 Å². The molecule has 0 unspecified atom stereocenters. The van der Waals surface area contributed by atoms with Crippen molar-refractivity contribution < 1.29 is 14.3 Å². The highest BCUT2D eigenvalue weighted by Gasteiger charge is 2.07. The highest BCUT2D eigenvalue weighted by atomic mass is 32.2. The van der Waals surface area contributed by atoms with Gasteiger partial charge in [-0.2, -0.15) is 0 Å². The van der Waals surface area contributed by atoms with Crippen molar-refractivity contribution in [1.29, 1.82) is 0 Å². The van der Waals surface area contributed by atoms with Crippen LogP contribution in [0.25, 0.3) is 11.3 Å². The molecule has 1 heterocycles. The van der Waals surface area contributed by atoms with Crippen LogP contribution < -0.4 is 15.4 Å². The van der Waals surface area contributed by atoms with Crippen molar-refractivity contribution in [3.63, 3.8) is 0 Å². The molecule has 0 aliphatic heterocycles. The summed E-state index contributed by atoms with van der Waals surface area (Å²) < 4.78 is 5.44. The SMILES string of the molecule is CCOc1ccc(-c2ccc(SCC(=O)Nc3cccc(NC(C)=O)c3)nn2)cc1. The van der Waals surface area contributed by atoms with Gasteiger partial charge in [-0.05, 0) is 61.5 Å². The van der Waals surface area contributed by atoms with Gasteiger partial charge in [0.05, 0.1) is 18.1 Å². The summed E-state index contributed by atoms with van der Waals surface area (Å²) in [6.07, 6.45) is 0. The largest absolute Gasteiger partial charge is 0.494 e. The Hall–Kier alpha value is -3.39. The second-order valence-electron chi connectivity index (χ2n) is 6.31. The third kappa shape index (κ3) is 6.31. The fourth-order valence-corrected chi connectivity index (χ4v) is 3.27. The predicted octanol–water partition coefficient (Wildman–Crippen LogP) is 4.23. The number of hydrogen-bond donors (Lipinski definition) is 2. The summed E-state index contributed by atoms with van der Waals surface area (Å²) in [5, 5.41) is 14.6. The lowest BCUT2D eigenvalue weighted by atomic mass is 10.1. The maximum atomic E-state index is 12.2. The van der Waals surface area contributed by atoms with Gasteiger partial charge in [-0.25, -0.2) is 0 Å². The molecule has 0 radical (unpaired) electrons. The maximum absolute atomic E-state index is 12.2. The lowest BCUT2D eigenvalue weighted by Crippen LogP contribution is -2.14. The van der Waals surface area contributed by atoms with Crippen LogP contribution in [0.4, 0.5) is 11.4 Å². The number of carbonyl (C=O) groups is 2. The van der Waals surface area contributed by atoms with Gasteiger partial charge >= 0.3 is 0 Å². The molecule has 3 aromatic rings. The molecule has 0 aliphatic carbocycles. The molecule has 8 heteroatoms. The van der Waals surface area contributed by atoms with E-state index in [1.807, 2.05) is 43.3 Å². The van der Waals surface area contributed by atoms with Crippen LogP contribution in [-0.4, -0.2) is 34.4 Å². The second kappa shape index (κ2) is 10.4. The quantitative estimate of drug-likeness (QED) is 0.528. The van der Waals surface area contributed by atoms with Gasteiger partial charge in [-0.1, -0.05) is 17.8 Å². The Labute approximate surface area is 179 Å². The van der Waals surface area contributed by atoms with Crippen molar-refractivity contribution in [3.8, 4) is 17.0 Å². The third-order valence-corrected chi connectivity index (χ3v) is 4.84. The molecule has 3 rings (SSSR count). The van der Waals surface area contributed by atoms with E-state index >= 15 is 0 Å². The summed E-state index contributed by atoms with van der Waals surface area (Å²) in [6, 6.07) is 18.4. The van der Waals surface area contributed by atoms with Gasteiger partial charge < -0.3 is 15.4 Å². The summed E-state index contributed by atoms with van der Waals surface area (Å²) in [5.41, 5.74) is 2.94. The number of nitrogens with zero attached hydrogens (tertiary/aromatic N) is 2. The lowest BCUT2D eigenvalue weighted by molar-refractivity contribution is -0.114. The number of aromatic nitrogens is 2. The van der Waals surface area contributed by atoms with Crippen molar-refractivity contribution in [3.05, 3.63) is 60.7 Å². The minimum absolute atomic E-state index is 0.165. The zero-order valence-corrected chi connectivity index (χ0v) is 17.5. The normalized spacial score (nSPS) is 10.3. The first-order valence-electron chi connectivity index (χ1n) is 9.41. The van der Waals surface area contributed by atoms with Gasteiger partial charge in [0.15, 0.2) is 0 Å². The third-order valence-electron chi connectivity index (χ3n) is 3.92. The van der Waals surface area contributed by atoms with Gasteiger partial charge in [-0.3, -0.25) is 9.59 Å². The number of thioether (sulfide) groups is 1. The Kier molecular flexibility index (Phi) is 7.40. The van der Waals surface area contributed by atoms with Crippen LogP contribution in [0.5, 0.6) is 5.75 Å². The Bertz CT molecular complexity index is 1010. The van der Waals surface area contributed by atoms with Crippen molar-refractivity contribution in [1.82, 2.24) is 10.2 Å². The fourth-order valence-electron chi connectivity index (χ4n) is 2.65. The number of hydrogen-bond acceptors (Lipinski definition) is 6. The maximum Gasteiger partial charge on any atom is 0.234 e. The van der Waals surface area contributed by atoms with Crippen LogP contribution in [0, 0.1) is 0 Å². The van der Waals surface area contributed by atoms with E-state index < -0.39 is 0 Å². The first kappa shape index (κ1) is 21.3. The molecule has 2 amide bonds. The van der Waals surface area contributed by atoms with Crippen LogP contribution in [0.3, 0.4) is 0 Å². The fraction of sp³-hybridized carbons (Fsp3) is 0.182. The van der Waals surface area contributed by atoms with Crippen LogP contribution in [0.15, 0.2) is 65.7 Å². The lowest BCUT2D eigenvalue weighted by Gasteiger charge is -2.08. The number of ether oxygens (including phenoxy) is 1. The molecule has 30 heavy (non-hydrogen) atoms. The highest BCUT2D eigenvalue weighted by molar-refractivity contribution is 7.99. The molecule has 0 spiro atoms. The van der Waals surface area contributed by atoms with Crippen LogP contribution >= 0.6 is 11.8 Å². The second-order valence-corrected chi connectivity index (χ2v) is 7.31. The van der Waals surface area contributed by atoms with Gasteiger partial charge in [0.2, 0.25) is 11.8 Å². The van der Waals surface area contributed by atoms with E-state index in [1.165, 1.54) is 18.7 Å². The topological polar surface area (TPSA) is 93.2 Å². The minimum Gasteiger partial charge on any atom is -0.494 e. The average Bonchev–Trinajstić information content (AvgIpc) is 2.73. The van der Waals surface area contributed by atoms with E-state index in [1.54, 1.807) is 24.3 Å². The van der Waals surface area contributed by atoms with Gasteiger partial charge in [-0.15, -0.1) is 10.2 Å². The molecule has 2 N–H and O–H groups in total. The molecule has 0 aliphatic rings. The molecule has 1 aromatic heterocycles. The molecule has 7 nitrogen and oxygen atoms in total. The molecule has 154 valence electrons. The Morgan fingerprint density at radius 2 is 1.70 bits per heavy atom. The Balaban J connectivity index is 1.53. The summed E-state index contributed by atoms with van der Waals surface area (Å²) in [5.74, 6) is 0.676. The molecular formula is C22H22N4O3S. The zero-order chi connectivity index (χ0) is 21.3. The predicted molar refractivity (Wildman–Crippen MR) is 119 cm³/mol. The molecule has 0 fully saturated rings. The summed E-state index contributed by atoms with van der Waals surface area (Å²) in [7, 11) is 0. The Morgan fingerprint density at radius 3 is 2.33 bits per heavy atom. The minimum atomic E-state index is -0.169. The standard InChI is InChI=1S/C22H22N4O3S/c1-3-29-19-9-7-16(8-10-19)20-11-12-22(26-25-20)30-14-21(28)24-18-6-4-5-17(13-18)23-15(2)27/h4-13H,3,14H2,1-2H3,(H,23,27)(H,24,28). The van der Waals surface area contributed by atoms with E-state index in [0.29, 0.717) is 23.0 Å². The molecule has 0 atom stereocenters. The Morgan fingerprint density at radius 1 is 0.967 bits per heavy atom. The van der Waals surface area contributed by atoms with E-state index in [2.05, 4.69) is 20.8 Å². The van der Waals surface area contributed by atoms with E-state index in [-0.39, 0.29) is 17.6 Å². The van der Waals surface area contributed by atoms with Crippen LogP contribution in [0.1, 0.15) is 13.8 Å². The number of carbonyl (C=O) groups excluding carboxylic acids is 2. The average molecular weight is 423 g/mol. The molecule has 2 aromatic carbocycles. The zero-order valence-electron chi connectivity index (χ0n) is 16.7. The number of anilines is 2. The van der Waals surface area contributed by atoms with Crippen molar-refractivity contribution in [2.75, 3.05) is 23.0 Å². The van der Waals surface area contributed by atoms with Crippen molar-refractivity contribution >= 4 is 35.0 Å². The summed E-state index contributed by atoms with van der Waals surface area (Å²) >= 11 is 1.30. The molecule has 0 saturated carbocycles. The van der Waals surface area contributed by atoms with E-state index in [9.17, 15) is 9.59 Å². The van der Waals surface area contributed by atoms with Crippen molar-refractivity contribution in [2.45, 2.75) is 18.9 Å². The smallest absolute Gasteiger partial charge is 0.234 e. The number of rotatable bonds is 8. The molecular weight excluding hydrogens is 400 g/mol. The molecule has 0 bridgehead atoms. The van der Waals surface area contributed by atoms with Gasteiger partial charge in [0, 0.05) is 23.9 Å². The van der Waals surface area contributed by atoms with E-state index in [0.717, 1.165) is 17.0 Å². The van der Waals surface area contributed by atoms with Crippen LogP contribution in [0.2, 0.25) is 0 Å². The number of benzene rings is 2.